The van der Waals surface area contributed by atoms with Gasteiger partial charge in [0.15, 0.2) is 0 Å². The van der Waals surface area contributed by atoms with Gasteiger partial charge in [-0.15, -0.1) is 0 Å². The first-order valence-corrected chi connectivity index (χ1v) is 16.3. The molecule has 2 aromatic heterocycles. The fourth-order valence-electron chi connectivity index (χ4n) is 5.87. The third-order valence-electron chi connectivity index (χ3n) is 8.14. The van der Waals surface area contributed by atoms with Gasteiger partial charge in [0, 0.05) is 102 Å². The number of carbonyl (C=O) groups excluding carboxylic acids is 2. The van der Waals surface area contributed by atoms with Crippen LogP contribution < -0.4 is 15.5 Å². The van der Waals surface area contributed by atoms with Crippen LogP contribution in [0.2, 0.25) is 0 Å². The van der Waals surface area contributed by atoms with Gasteiger partial charge in [0.25, 0.3) is 5.91 Å². The smallest absolute Gasteiger partial charge is 0.252 e. The number of hydrogen-bond donors (Lipinski definition) is 2. The zero-order chi connectivity index (χ0) is 31.4. The Morgan fingerprint density at radius 3 is 2.50 bits per heavy atom. The van der Waals surface area contributed by atoms with Gasteiger partial charge in [0.1, 0.15) is 5.82 Å². The fourth-order valence-corrected chi connectivity index (χ4v) is 6.30. The van der Waals surface area contributed by atoms with E-state index in [4.69, 9.17) is 4.98 Å². The Morgan fingerprint density at radius 2 is 1.84 bits per heavy atom. The maximum absolute atomic E-state index is 14.0. The Morgan fingerprint density at radius 1 is 1.07 bits per heavy atom. The van der Waals surface area contributed by atoms with Crippen LogP contribution >= 0.6 is 22.9 Å². The molecule has 1 aliphatic rings. The number of hydrogen-bond acceptors (Lipinski definition) is 5. The summed E-state index contributed by atoms with van der Waals surface area (Å²) in [6.07, 6.45) is 7.02. The number of anilines is 2. The molecule has 1 saturated heterocycles. The maximum Gasteiger partial charge on any atom is 0.252 e. The molecule has 0 aliphatic carbocycles. The van der Waals surface area contributed by atoms with Gasteiger partial charge in [-0.05, 0) is 91.9 Å². The first-order chi connectivity index (χ1) is 21.2. The van der Waals surface area contributed by atoms with Crippen LogP contribution in [-0.4, -0.2) is 50.7 Å². The van der Waals surface area contributed by atoms with Crippen molar-refractivity contribution in [2.75, 3.05) is 36.4 Å². The average Bonchev–Trinajstić information content (AvgIpc) is 3.45. The van der Waals surface area contributed by atoms with Crippen molar-refractivity contribution in [2.24, 2.45) is 0 Å². The molecule has 0 bridgehead atoms. The van der Waals surface area contributed by atoms with E-state index >= 15 is 0 Å². The SMILES string of the molecule is C=CC(=O)Nc1cc(C)cc(CCC)c1CNC(=O)c1cc(-c2ccc(N3CCN(I)CC3)nc2)cc2c1ccn2C(C)C. The van der Waals surface area contributed by atoms with Crippen LogP contribution in [0.5, 0.6) is 0 Å². The number of amides is 2. The van der Waals surface area contributed by atoms with E-state index in [1.54, 1.807) is 0 Å². The second-order valence-corrected chi connectivity index (χ2v) is 13.0. The maximum atomic E-state index is 14.0. The second kappa shape index (κ2) is 13.9. The number of fused-ring (bicyclic) bond motifs is 1. The van der Waals surface area contributed by atoms with Crippen LogP contribution in [0, 0.1) is 6.92 Å². The molecular weight excluding hydrogens is 663 g/mol. The summed E-state index contributed by atoms with van der Waals surface area (Å²) in [6.45, 7) is 16.2. The zero-order valence-electron chi connectivity index (χ0n) is 26.0. The Bertz CT molecular complexity index is 1670. The minimum atomic E-state index is -0.276. The molecule has 3 heterocycles. The van der Waals surface area contributed by atoms with E-state index in [0.29, 0.717) is 17.8 Å². The molecule has 0 spiro atoms. The molecular formula is C35H41IN6O2. The Hall–Kier alpha value is -3.70. The van der Waals surface area contributed by atoms with E-state index in [1.807, 2.05) is 37.5 Å². The zero-order valence-corrected chi connectivity index (χ0v) is 28.1. The molecule has 0 saturated carbocycles. The molecule has 1 aliphatic heterocycles. The summed E-state index contributed by atoms with van der Waals surface area (Å²) in [4.78, 5) is 33.3. The number of nitrogens with zero attached hydrogens (tertiary/aromatic N) is 4. The summed E-state index contributed by atoms with van der Waals surface area (Å²) in [5, 5.41) is 7.02. The monoisotopic (exact) mass is 704 g/mol. The van der Waals surface area contributed by atoms with E-state index in [2.05, 4.69) is 97.7 Å². The lowest BCUT2D eigenvalue weighted by atomic mass is 9.97. The average molecular weight is 705 g/mol. The van der Waals surface area contributed by atoms with Crippen molar-refractivity contribution in [2.45, 2.75) is 53.1 Å². The summed E-state index contributed by atoms with van der Waals surface area (Å²) in [6, 6.07) is 14.6. The molecule has 9 heteroatoms. The highest BCUT2D eigenvalue weighted by Gasteiger charge is 2.20. The van der Waals surface area contributed by atoms with E-state index in [0.717, 1.165) is 83.6 Å². The van der Waals surface area contributed by atoms with Crippen molar-refractivity contribution in [1.82, 2.24) is 18.0 Å². The lowest BCUT2D eigenvalue weighted by Crippen LogP contribution is -2.42. The molecule has 4 aromatic rings. The molecule has 5 rings (SSSR count). The number of benzene rings is 2. The van der Waals surface area contributed by atoms with Gasteiger partial charge in [0.2, 0.25) is 5.91 Å². The Labute approximate surface area is 274 Å². The van der Waals surface area contributed by atoms with Gasteiger partial charge in [-0.25, -0.2) is 8.10 Å². The highest BCUT2D eigenvalue weighted by molar-refractivity contribution is 14.1. The van der Waals surface area contributed by atoms with Crippen LogP contribution in [0.4, 0.5) is 11.5 Å². The van der Waals surface area contributed by atoms with E-state index < -0.39 is 0 Å². The lowest BCUT2D eigenvalue weighted by molar-refractivity contribution is -0.111. The summed E-state index contributed by atoms with van der Waals surface area (Å²) < 4.78 is 4.50. The van der Waals surface area contributed by atoms with Crippen molar-refractivity contribution in [3.63, 3.8) is 0 Å². The number of aryl methyl sites for hydroxylation is 2. The predicted molar refractivity (Wildman–Crippen MR) is 189 cm³/mol. The molecule has 0 unspecified atom stereocenters. The lowest BCUT2D eigenvalue weighted by Gasteiger charge is -2.32. The van der Waals surface area contributed by atoms with Crippen molar-refractivity contribution >= 4 is 57.1 Å². The van der Waals surface area contributed by atoms with Crippen LogP contribution in [0.3, 0.4) is 0 Å². The first kappa shape index (κ1) is 31.7. The summed E-state index contributed by atoms with van der Waals surface area (Å²) in [5.41, 5.74) is 7.31. The van der Waals surface area contributed by atoms with Gasteiger partial charge in [-0.1, -0.05) is 26.0 Å². The minimum absolute atomic E-state index is 0.163. The van der Waals surface area contributed by atoms with Crippen molar-refractivity contribution in [3.05, 3.63) is 89.8 Å². The minimum Gasteiger partial charge on any atom is -0.354 e. The highest BCUT2D eigenvalue weighted by Crippen LogP contribution is 2.32. The number of pyridine rings is 1. The normalized spacial score (nSPS) is 13.8. The van der Waals surface area contributed by atoms with Crippen LogP contribution in [0.25, 0.3) is 22.0 Å². The number of halogens is 1. The quantitative estimate of drug-likeness (QED) is 0.105. The predicted octanol–water partition coefficient (Wildman–Crippen LogP) is 7.07. The molecule has 2 amide bonds. The molecule has 0 radical (unpaired) electrons. The standard InChI is InChI=1S/C35H41IN6O2/c1-6-8-25-17-24(5)18-31(39-34(43)7-2)30(25)22-38-35(44)29-19-27(20-32-28(29)11-12-42(32)23(3)4)26-9-10-33(37-21-26)40-13-15-41(36)16-14-40/h7,9-12,17-21,23H,2,6,8,13-16,22H2,1,3-5H3,(H,38,44)(H,39,43). The number of carbonyl (C=O) groups is 2. The number of piperazine rings is 1. The number of rotatable bonds is 10. The topological polar surface area (TPSA) is 82.5 Å². The molecule has 0 atom stereocenters. The van der Waals surface area contributed by atoms with Gasteiger partial charge in [0.05, 0.1) is 0 Å². The molecule has 1 fully saturated rings. The molecule has 230 valence electrons. The van der Waals surface area contributed by atoms with Gasteiger partial charge in [-0.2, -0.15) is 0 Å². The highest BCUT2D eigenvalue weighted by atomic mass is 127. The number of nitrogens with one attached hydrogen (secondary N) is 2. The van der Waals surface area contributed by atoms with Crippen LogP contribution in [0.1, 0.15) is 60.3 Å². The van der Waals surface area contributed by atoms with Gasteiger partial charge in [-0.3, -0.25) is 9.59 Å². The fraction of sp³-hybridized carbons (Fsp3) is 0.343. The van der Waals surface area contributed by atoms with E-state index in [-0.39, 0.29) is 17.9 Å². The second-order valence-electron chi connectivity index (χ2n) is 11.7. The molecule has 8 nitrogen and oxygen atoms in total. The van der Waals surface area contributed by atoms with Crippen LogP contribution in [-0.2, 0) is 17.8 Å². The third kappa shape index (κ3) is 6.99. The summed E-state index contributed by atoms with van der Waals surface area (Å²) >= 11 is 2.37. The van der Waals surface area contributed by atoms with Crippen molar-refractivity contribution < 1.29 is 9.59 Å². The first-order valence-electron chi connectivity index (χ1n) is 15.3. The largest absolute Gasteiger partial charge is 0.354 e. The van der Waals surface area contributed by atoms with Crippen molar-refractivity contribution in [3.8, 4) is 11.1 Å². The third-order valence-corrected chi connectivity index (χ3v) is 9.11. The van der Waals surface area contributed by atoms with Crippen molar-refractivity contribution in [1.29, 1.82) is 0 Å². The summed E-state index contributed by atoms with van der Waals surface area (Å²) in [7, 11) is 0. The molecule has 2 aromatic carbocycles. The molecule has 2 N–H and O–H groups in total. The summed E-state index contributed by atoms with van der Waals surface area (Å²) in [5.74, 6) is 0.536. The Balaban J connectivity index is 1.48. The number of aromatic nitrogens is 2. The molecule has 44 heavy (non-hydrogen) atoms. The van der Waals surface area contributed by atoms with E-state index in [9.17, 15) is 9.59 Å². The Kier molecular flexibility index (Phi) is 10.1. The van der Waals surface area contributed by atoms with Gasteiger partial charge < -0.3 is 20.1 Å². The van der Waals surface area contributed by atoms with Crippen LogP contribution in [0.15, 0.2) is 67.5 Å². The van der Waals surface area contributed by atoms with E-state index in [1.165, 1.54) is 6.08 Å². The van der Waals surface area contributed by atoms with Gasteiger partial charge >= 0.3 is 0 Å².